The number of esters is 1. The summed E-state index contributed by atoms with van der Waals surface area (Å²) in [5.41, 5.74) is 0.233. The lowest BCUT2D eigenvalue weighted by Gasteiger charge is -2.39. The number of carbonyl (C=O) groups excluding carboxylic acids is 1. The van der Waals surface area contributed by atoms with Gasteiger partial charge in [-0.05, 0) is 24.3 Å². The van der Waals surface area contributed by atoms with Gasteiger partial charge in [0.2, 0.25) is 0 Å². The number of ether oxygens (including phenoxy) is 1. The van der Waals surface area contributed by atoms with Crippen LogP contribution in [0, 0.1) is 11.3 Å². The van der Waals surface area contributed by atoms with Gasteiger partial charge in [-0.2, -0.15) is 0 Å². The molecule has 1 aliphatic rings. The first-order valence-corrected chi connectivity index (χ1v) is 7.28. The zero-order valence-corrected chi connectivity index (χ0v) is 12.9. The number of methoxy groups -OCH3 is 1. The van der Waals surface area contributed by atoms with Crippen molar-refractivity contribution in [1.29, 1.82) is 0 Å². The number of aliphatic hydroxyl groups excluding tert-OH is 1. The second-order valence-corrected chi connectivity index (χ2v) is 6.42. The lowest BCUT2D eigenvalue weighted by molar-refractivity contribution is -0.151. The topological polar surface area (TPSA) is 46.5 Å². The van der Waals surface area contributed by atoms with Crippen LogP contribution in [-0.4, -0.2) is 23.1 Å². The number of halogens is 1. The molecule has 0 heterocycles. The van der Waals surface area contributed by atoms with E-state index >= 15 is 0 Å². The van der Waals surface area contributed by atoms with Gasteiger partial charge in [0.05, 0.1) is 7.11 Å². The molecular weight excluding hydrogens is 276 g/mol. The molecule has 0 aliphatic heterocycles. The lowest BCUT2D eigenvalue weighted by atomic mass is 9.74. The lowest BCUT2D eigenvalue weighted by Crippen LogP contribution is -2.50. The van der Waals surface area contributed by atoms with Gasteiger partial charge in [0.15, 0.2) is 4.87 Å². The second kappa shape index (κ2) is 5.38. The molecule has 1 N–H and O–H groups in total. The zero-order chi connectivity index (χ0) is 15.0. The van der Waals surface area contributed by atoms with Gasteiger partial charge >= 0.3 is 5.97 Å². The predicted octanol–water partition coefficient (Wildman–Crippen LogP) is 3.31. The summed E-state index contributed by atoms with van der Waals surface area (Å²) < 4.78 is 4.90. The quantitative estimate of drug-likeness (QED) is 0.670. The maximum atomic E-state index is 12.3. The van der Waals surface area contributed by atoms with Crippen molar-refractivity contribution < 1.29 is 14.6 Å². The molecule has 1 fully saturated rings. The van der Waals surface area contributed by atoms with E-state index in [1.807, 2.05) is 32.0 Å². The van der Waals surface area contributed by atoms with Crippen LogP contribution in [0.2, 0.25) is 0 Å². The molecule has 1 aromatic rings. The molecule has 4 heteroatoms. The number of carbonyl (C=O) groups is 1. The Labute approximate surface area is 124 Å². The molecule has 0 unspecified atom stereocenters. The minimum absolute atomic E-state index is 0.192. The van der Waals surface area contributed by atoms with Crippen LogP contribution < -0.4 is 0 Å². The first kappa shape index (κ1) is 15.3. The second-order valence-electron chi connectivity index (χ2n) is 5.83. The van der Waals surface area contributed by atoms with Gasteiger partial charge in [-0.15, -0.1) is 11.6 Å². The van der Waals surface area contributed by atoms with Gasteiger partial charge in [0.1, 0.15) is 6.10 Å². The van der Waals surface area contributed by atoms with E-state index in [4.69, 9.17) is 16.3 Å². The molecule has 0 aromatic heterocycles. The van der Waals surface area contributed by atoms with Gasteiger partial charge < -0.3 is 9.84 Å². The molecule has 2 atom stereocenters. The van der Waals surface area contributed by atoms with Crippen molar-refractivity contribution in [2.75, 3.05) is 7.11 Å². The maximum absolute atomic E-state index is 12.3. The summed E-state index contributed by atoms with van der Waals surface area (Å²) in [5.74, 6) is -0.362. The Morgan fingerprint density at radius 2 is 1.90 bits per heavy atom. The first-order valence-electron chi connectivity index (χ1n) is 6.90. The molecule has 0 bridgehead atoms. The van der Waals surface area contributed by atoms with Crippen LogP contribution in [0.3, 0.4) is 0 Å². The minimum atomic E-state index is -1.43. The van der Waals surface area contributed by atoms with Crippen molar-refractivity contribution in [3.63, 3.8) is 0 Å². The van der Waals surface area contributed by atoms with Gasteiger partial charge in [-0.25, -0.2) is 0 Å². The zero-order valence-electron chi connectivity index (χ0n) is 12.1. The Kier molecular flexibility index (Phi) is 4.12. The predicted molar refractivity (Wildman–Crippen MR) is 78.5 cm³/mol. The highest BCUT2D eigenvalue weighted by atomic mass is 35.5. The first-order chi connectivity index (χ1) is 9.40. The van der Waals surface area contributed by atoms with E-state index in [1.165, 1.54) is 7.11 Å². The Balaban J connectivity index is 2.46. The average molecular weight is 297 g/mol. The van der Waals surface area contributed by atoms with E-state index in [1.54, 1.807) is 12.1 Å². The van der Waals surface area contributed by atoms with Crippen molar-refractivity contribution in [1.82, 2.24) is 0 Å². The normalized spacial score (nSPS) is 21.1. The molecule has 3 nitrogen and oxygen atoms in total. The standard InChI is InChI=1S/C16H21ClO3/c1-11(2)15(9-10-15)16(17,14(19)20-3)13(18)12-7-5-4-6-8-12/h4-8,11,13,18H,9-10H2,1-3H3/t13-,16+/m0/s1. The number of alkyl halides is 1. The van der Waals surface area contributed by atoms with Crippen LogP contribution in [0.25, 0.3) is 0 Å². The molecule has 1 saturated carbocycles. The van der Waals surface area contributed by atoms with E-state index in [2.05, 4.69) is 0 Å². The third-order valence-corrected chi connectivity index (χ3v) is 5.33. The van der Waals surface area contributed by atoms with Crippen molar-refractivity contribution in [2.24, 2.45) is 11.3 Å². The average Bonchev–Trinajstić information content (AvgIpc) is 3.27. The van der Waals surface area contributed by atoms with Gasteiger partial charge in [-0.1, -0.05) is 44.2 Å². The molecule has 0 saturated heterocycles. The molecular formula is C16H21ClO3. The Morgan fingerprint density at radius 3 is 2.30 bits per heavy atom. The SMILES string of the molecule is COC(=O)[C@](Cl)([C@@H](O)c1ccccc1)C1(C(C)C)CC1. The maximum Gasteiger partial charge on any atom is 0.330 e. The van der Waals surface area contributed by atoms with E-state index in [0.29, 0.717) is 5.56 Å². The summed E-state index contributed by atoms with van der Waals surface area (Å²) in [7, 11) is 1.31. The van der Waals surface area contributed by atoms with Crippen molar-refractivity contribution in [3.05, 3.63) is 35.9 Å². The van der Waals surface area contributed by atoms with Crippen LogP contribution >= 0.6 is 11.6 Å². The highest BCUT2D eigenvalue weighted by Crippen LogP contribution is 2.65. The molecule has 0 radical (unpaired) electrons. The molecule has 1 aliphatic carbocycles. The number of aliphatic hydroxyl groups is 1. The summed E-state index contributed by atoms with van der Waals surface area (Å²) >= 11 is 6.70. The highest BCUT2D eigenvalue weighted by molar-refractivity contribution is 6.35. The molecule has 2 rings (SSSR count). The number of hydrogen-bond donors (Lipinski definition) is 1. The van der Waals surface area contributed by atoms with Crippen molar-refractivity contribution in [3.8, 4) is 0 Å². The Morgan fingerprint density at radius 1 is 1.35 bits per heavy atom. The Hall–Kier alpha value is -1.06. The summed E-state index contributed by atoms with van der Waals surface area (Å²) in [4.78, 5) is 10.9. The summed E-state index contributed by atoms with van der Waals surface area (Å²) in [5, 5.41) is 10.7. The third-order valence-electron chi connectivity index (χ3n) is 4.59. The fourth-order valence-electron chi connectivity index (χ4n) is 3.10. The van der Waals surface area contributed by atoms with Gasteiger partial charge in [-0.3, -0.25) is 4.79 Å². The van der Waals surface area contributed by atoms with Crippen molar-refractivity contribution in [2.45, 2.75) is 37.7 Å². The number of rotatable bonds is 5. The number of benzene rings is 1. The van der Waals surface area contributed by atoms with Crippen LogP contribution in [0.1, 0.15) is 38.4 Å². The van der Waals surface area contributed by atoms with Crippen LogP contribution in [0.15, 0.2) is 30.3 Å². The van der Waals surface area contributed by atoms with Crippen LogP contribution in [0.5, 0.6) is 0 Å². The molecule has 110 valence electrons. The molecule has 0 amide bonds. The number of hydrogen-bond acceptors (Lipinski definition) is 3. The smallest absolute Gasteiger partial charge is 0.330 e. The van der Waals surface area contributed by atoms with E-state index in [-0.39, 0.29) is 5.92 Å². The largest absolute Gasteiger partial charge is 0.468 e. The molecule has 0 spiro atoms. The molecule has 20 heavy (non-hydrogen) atoms. The summed E-state index contributed by atoms with van der Waals surface area (Å²) in [6.07, 6.45) is 0.572. The van der Waals surface area contributed by atoms with E-state index in [9.17, 15) is 9.90 Å². The van der Waals surface area contributed by atoms with Gasteiger partial charge in [0, 0.05) is 5.41 Å². The molecule has 1 aromatic carbocycles. The summed E-state index contributed by atoms with van der Waals surface area (Å²) in [6.45, 7) is 4.07. The van der Waals surface area contributed by atoms with Gasteiger partial charge in [0.25, 0.3) is 0 Å². The minimum Gasteiger partial charge on any atom is -0.468 e. The van der Waals surface area contributed by atoms with Crippen LogP contribution in [-0.2, 0) is 9.53 Å². The van der Waals surface area contributed by atoms with E-state index in [0.717, 1.165) is 12.8 Å². The third kappa shape index (κ3) is 2.13. The summed E-state index contributed by atoms with van der Waals surface area (Å²) in [6, 6.07) is 9.06. The fraction of sp³-hybridized carbons (Fsp3) is 0.562. The van der Waals surface area contributed by atoms with Crippen molar-refractivity contribution >= 4 is 17.6 Å². The van der Waals surface area contributed by atoms with E-state index < -0.39 is 22.4 Å². The Bertz CT molecular complexity index is 482. The monoisotopic (exact) mass is 296 g/mol. The van der Waals surface area contributed by atoms with Crippen LogP contribution in [0.4, 0.5) is 0 Å². The fourth-order valence-corrected chi connectivity index (χ4v) is 3.71. The highest BCUT2D eigenvalue weighted by Gasteiger charge is 2.68.